The number of carbonyl (C=O) groups is 1. The van der Waals surface area contributed by atoms with Crippen LogP contribution in [0.2, 0.25) is 0 Å². The van der Waals surface area contributed by atoms with Crippen LogP contribution in [0, 0.1) is 5.92 Å². The molecule has 3 heterocycles. The molecule has 1 aliphatic heterocycles. The van der Waals surface area contributed by atoms with E-state index in [1.807, 2.05) is 13.0 Å². The van der Waals surface area contributed by atoms with Crippen molar-refractivity contribution in [1.29, 1.82) is 0 Å². The molecule has 0 aromatic carbocycles. The van der Waals surface area contributed by atoms with E-state index in [0.717, 1.165) is 19.5 Å². The monoisotopic (exact) mass is 276 g/mol. The molecule has 20 heavy (non-hydrogen) atoms. The van der Waals surface area contributed by atoms with E-state index in [1.54, 1.807) is 17.4 Å². The molecule has 1 aliphatic rings. The zero-order valence-electron chi connectivity index (χ0n) is 11.2. The average molecular weight is 276 g/mol. The van der Waals surface area contributed by atoms with Crippen LogP contribution < -0.4 is 4.74 Å². The maximum absolute atomic E-state index is 12.1. The summed E-state index contributed by atoms with van der Waals surface area (Å²) >= 11 is 0. The van der Waals surface area contributed by atoms with Gasteiger partial charge in [0.15, 0.2) is 0 Å². The van der Waals surface area contributed by atoms with Gasteiger partial charge in [-0.1, -0.05) is 0 Å². The van der Waals surface area contributed by atoms with E-state index in [0.29, 0.717) is 18.4 Å². The third-order valence-electron chi connectivity index (χ3n) is 3.34. The third kappa shape index (κ3) is 2.54. The fraction of sp³-hybridized carbons (Fsp3) is 0.429. The Balaban J connectivity index is 1.52. The van der Waals surface area contributed by atoms with Gasteiger partial charge < -0.3 is 18.6 Å². The van der Waals surface area contributed by atoms with Crippen LogP contribution in [-0.2, 0) is 6.42 Å². The van der Waals surface area contributed by atoms with Gasteiger partial charge >= 0.3 is 0 Å². The molecule has 1 fully saturated rings. The minimum absolute atomic E-state index is 0.133. The van der Waals surface area contributed by atoms with Crippen molar-refractivity contribution < 1.29 is 18.5 Å². The fourth-order valence-electron chi connectivity index (χ4n) is 2.34. The maximum Gasteiger partial charge on any atom is 0.292 e. The molecule has 2 aromatic rings. The lowest BCUT2D eigenvalue weighted by Gasteiger charge is -2.38. The maximum atomic E-state index is 12.1. The van der Waals surface area contributed by atoms with Gasteiger partial charge in [-0.2, -0.15) is 0 Å². The van der Waals surface area contributed by atoms with Gasteiger partial charge in [0.1, 0.15) is 0 Å². The van der Waals surface area contributed by atoms with Crippen molar-refractivity contribution in [3.63, 3.8) is 0 Å². The van der Waals surface area contributed by atoms with Crippen LogP contribution in [0.25, 0.3) is 0 Å². The number of rotatable bonds is 5. The van der Waals surface area contributed by atoms with Crippen molar-refractivity contribution in [3.8, 4) is 5.88 Å². The van der Waals surface area contributed by atoms with Crippen molar-refractivity contribution >= 4 is 5.91 Å². The van der Waals surface area contributed by atoms with Crippen LogP contribution in [0.4, 0.5) is 0 Å². The lowest BCUT2D eigenvalue weighted by atomic mass is 9.93. The van der Waals surface area contributed by atoms with Gasteiger partial charge in [0.05, 0.1) is 25.2 Å². The van der Waals surface area contributed by atoms with Crippen LogP contribution >= 0.6 is 0 Å². The number of likely N-dealkylation sites (tertiary alicyclic amines) is 1. The molecule has 1 saturated heterocycles. The van der Waals surface area contributed by atoms with E-state index < -0.39 is 0 Å². The Labute approximate surface area is 116 Å². The van der Waals surface area contributed by atoms with Crippen molar-refractivity contribution in [1.82, 2.24) is 10.1 Å². The second-order valence-electron chi connectivity index (χ2n) is 4.87. The minimum atomic E-state index is -0.133. The van der Waals surface area contributed by atoms with Crippen LogP contribution in [0.3, 0.4) is 0 Å². The van der Waals surface area contributed by atoms with Crippen LogP contribution in [0.15, 0.2) is 33.6 Å². The van der Waals surface area contributed by atoms with E-state index in [2.05, 4.69) is 5.16 Å². The topological polar surface area (TPSA) is 68.7 Å². The predicted octanol–water partition coefficient (Wildman–Crippen LogP) is 1.98. The van der Waals surface area contributed by atoms with Gasteiger partial charge in [-0.3, -0.25) is 4.79 Å². The van der Waals surface area contributed by atoms with Crippen molar-refractivity contribution in [2.24, 2.45) is 5.92 Å². The minimum Gasteiger partial charge on any atom is -0.476 e. The second kappa shape index (κ2) is 5.40. The lowest BCUT2D eigenvalue weighted by molar-refractivity contribution is 0.0459. The number of ether oxygens (including phenoxy) is 1. The number of hydrogen-bond donors (Lipinski definition) is 0. The highest BCUT2D eigenvalue weighted by Crippen LogP contribution is 2.23. The number of furan rings is 1. The molecular formula is C14H16N2O4. The first-order valence-corrected chi connectivity index (χ1v) is 6.66. The average Bonchev–Trinajstić information content (AvgIpc) is 3.04. The predicted molar refractivity (Wildman–Crippen MR) is 69.5 cm³/mol. The van der Waals surface area contributed by atoms with Gasteiger partial charge in [0.25, 0.3) is 11.8 Å². The highest BCUT2D eigenvalue weighted by molar-refractivity contribution is 5.92. The molecular weight excluding hydrogens is 260 g/mol. The molecule has 2 aromatic heterocycles. The van der Waals surface area contributed by atoms with E-state index >= 15 is 0 Å². The molecule has 1 amide bonds. The van der Waals surface area contributed by atoms with Crippen molar-refractivity contribution in [3.05, 3.63) is 36.0 Å². The zero-order chi connectivity index (χ0) is 13.9. The van der Waals surface area contributed by atoms with Crippen molar-refractivity contribution in [2.45, 2.75) is 13.3 Å². The molecule has 0 spiro atoms. The summed E-state index contributed by atoms with van der Waals surface area (Å²) in [6.45, 7) is 3.81. The summed E-state index contributed by atoms with van der Waals surface area (Å²) in [6.07, 6.45) is 4.34. The van der Waals surface area contributed by atoms with Gasteiger partial charge in [-0.15, -0.1) is 0 Å². The van der Waals surface area contributed by atoms with E-state index in [4.69, 9.17) is 13.7 Å². The van der Waals surface area contributed by atoms with Crippen LogP contribution in [0.5, 0.6) is 5.88 Å². The van der Waals surface area contributed by atoms with Crippen LogP contribution in [0.1, 0.15) is 23.0 Å². The van der Waals surface area contributed by atoms with E-state index in [1.165, 1.54) is 11.6 Å². The Morgan fingerprint density at radius 3 is 3.10 bits per heavy atom. The summed E-state index contributed by atoms with van der Waals surface area (Å²) in [5.74, 6) is 0.930. The number of carbonyl (C=O) groups excluding carboxylic acids is 1. The molecule has 0 atom stereocenters. The van der Waals surface area contributed by atoms with E-state index in [9.17, 15) is 4.79 Å². The zero-order valence-corrected chi connectivity index (χ0v) is 11.2. The van der Waals surface area contributed by atoms with Gasteiger partial charge in [-0.25, -0.2) is 0 Å². The first kappa shape index (κ1) is 12.8. The second-order valence-corrected chi connectivity index (χ2v) is 4.87. The quantitative estimate of drug-likeness (QED) is 0.835. The number of nitrogens with zero attached hydrogens (tertiary/aromatic N) is 2. The SMILES string of the molecule is CCOc1cc(C(=O)N2CC(Cc3ccoc3)C2)on1. The smallest absolute Gasteiger partial charge is 0.292 e. The molecule has 0 N–H and O–H groups in total. The van der Waals surface area contributed by atoms with Gasteiger partial charge in [0.2, 0.25) is 5.76 Å². The summed E-state index contributed by atoms with van der Waals surface area (Å²) in [6, 6.07) is 3.49. The molecule has 0 unspecified atom stereocenters. The summed E-state index contributed by atoms with van der Waals surface area (Å²) in [7, 11) is 0. The van der Waals surface area contributed by atoms with Gasteiger partial charge in [0, 0.05) is 13.1 Å². The first-order valence-electron chi connectivity index (χ1n) is 6.66. The molecule has 6 nitrogen and oxygen atoms in total. The standard InChI is InChI=1S/C14H16N2O4/c1-2-19-13-6-12(20-15-13)14(17)16-7-11(8-16)5-10-3-4-18-9-10/h3-4,6,9,11H,2,5,7-8H2,1H3. The molecule has 6 heteroatoms. The van der Waals surface area contributed by atoms with Gasteiger partial charge in [-0.05, 0) is 36.0 Å². The molecule has 0 bridgehead atoms. The largest absolute Gasteiger partial charge is 0.476 e. The van der Waals surface area contributed by atoms with E-state index in [-0.39, 0.29) is 11.7 Å². The summed E-state index contributed by atoms with van der Waals surface area (Å²) < 4.78 is 15.2. The summed E-state index contributed by atoms with van der Waals surface area (Å²) in [5.41, 5.74) is 1.17. The Kier molecular flexibility index (Phi) is 3.45. The lowest BCUT2D eigenvalue weighted by Crippen LogP contribution is -2.50. The fourth-order valence-corrected chi connectivity index (χ4v) is 2.34. The molecule has 0 saturated carbocycles. The number of amides is 1. The molecule has 0 aliphatic carbocycles. The number of hydrogen-bond acceptors (Lipinski definition) is 5. The Morgan fingerprint density at radius 2 is 2.40 bits per heavy atom. The molecule has 3 rings (SSSR count). The normalized spacial score (nSPS) is 15.2. The summed E-state index contributed by atoms with van der Waals surface area (Å²) in [5, 5.41) is 3.69. The first-order chi connectivity index (χ1) is 9.76. The third-order valence-corrected chi connectivity index (χ3v) is 3.34. The van der Waals surface area contributed by atoms with Crippen LogP contribution in [-0.4, -0.2) is 35.7 Å². The highest BCUT2D eigenvalue weighted by atomic mass is 16.5. The molecule has 106 valence electrons. The summed E-state index contributed by atoms with van der Waals surface area (Å²) in [4.78, 5) is 13.9. The Bertz CT molecular complexity index is 570. The molecule has 0 radical (unpaired) electrons. The van der Waals surface area contributed by atoms with Crippen molar-refractivity contribution in [2.75, 3.05) is 19.7 Å². The Morgan fingerprint density at radius 1 is 1.55 bits per heavy atom. The number of aromatic nitrogens is 1. The Hall–Kier alpha value is -2.24. The highest BCUT2D eigenvalue weighted by Gasteiger charge is 2.33.